The van der Waals surface area contributed by atoms with E-state index in [1.807, 2.05) is 37.1 Å². The van der Waals surface area contributed by atoms with Crippen LogP contribution in [0.5, 0.6) is 0 Å². The highest BCUT2D eigenvalue weighted by Gasteiger charge is 2.04. The van der Waals surface area contributed by atoms with Gasteiger partial charge in [-0.2, -0.15) is 4.39 Å². The van der Waals surface area contributed by atoms with Crippen molar-refractivity contribution < 1.29 is 4.39 Å². The highest BCUT2D eigenvalue weighted by Crippen LogP contribution is 2.23. The number of pyridine rings is 1. The zero-order valence-corrected chi connectivity index (χ0v) is 9.31. The first-order valence-electron chi connectivity index (χ1n) is 5.09. The first-order valence-corrected chi connectivity index (χ1v) is 5.09. The minimum absolute atomic E-state index is 0.461. The summed E-state index contributed by atoms with van der Waals surface area (Å²) in [5.74, 6) is -0.461. The lowest BCUT2D eigenvalue weighted by molar-refractivity contribution is 0.584. The van der Waals surface area contributed by atoms with Crippen molar-refractivity contribution in [3.63, 3.8) is 0 Å². The number of hydrogen-bond donors (Lipinski definition) is 0. The number of aromatic nitrogens is 1. The summed E-state index contributed by atoms with van der Waals surface area (Å²) in [6.45, 7) is 2.03. The van der Waals surface area contributed by atoms with E-state index in [-0.39, 0.29) is 0 Å². The lowest BCUT2D eigenvalue weighted by Gasteiger charge is -2.19. The van der Waals surface area contributed by atoms with Crippen molar-refractivity contribution in [2.45, 2.75) is 6.92 Å². The fourth-order valence-electron chi connectivity index (χ4n) is 1.59. The summed E-state index contributed by atoms with van der Waals surface area (Å²) in [5.41, 5.74) is 3.00. The van der Waals surface area contributed by atoms with Gasteiger partial charge < -0.3 is 4.90 Å². The summed E-state index contributed by atoms with van der Waals surface area (Å²) in [6, 6.07) is 11.3. The second-order valence-electron chi connectivity index (χ2n) is 3.73. The number of hydrogen-bond acceptors (Lipinski definition) is 2. The van der Waals surface area contributed by atoms with Crippen LogP contribution >= 0.6 is 0 Å². The van der Waals surface area contributed by atoms with Crippen LogP contribution in [0.1, 0.15) is 5.56 Å². The quantitative estimate of drug-likeness (QED) is 0.716. The standard InChI is InChI=1S/C13H13FN2/c1-10-4-3-5-11(8-10)16(2)12-6-7-15-13(14)9-12/h3-9H,1-2H3. The molecule has 0 unspecified atom stereocenters. The molecule has 3 heteroatoms. The molecule has 0 aliphatic heterocycles. The van der Waals surface area contributed by atoms with Gasteiger partial charge in [0.25, 0.3) is 0 Å². The van der Waals surface area contributed by atoms with Gasteiger partial charge in [-0.05, 0) is 30.7 Å². The molecule has 0 amide bonds. The van der Waals surface area contributed by atoms with Gasteiger partial charge in [0.2, 0.25) is 5.95 Å². The van der Waals surface area contributed by atoms with E-state index < -0.39 is 5.95 Å². The molecule has 0 N–H and O–H groups in total. The molecule has 0 atom stereocenters. The maximum atomic E-state index is 13.0. The third-order valence-electron chi connectivity index (χ3n) is 2.49. The van der Waals surface area contributed by atoms with Crippen LogP contribution in [0.3, 0.4) is 0 Å². The largest absolute Gasteiger partial charge is 0.344 e. The fraction of sp³-hybridized carbons (Fsp3) is 0.154. The molecule has 0 bridgehead atoms. The summed E-state index contributed by atoms with van der Waals surface area (Å²) in [4.78, 5) is 5.47. The molecule has 2 nitrogen and oxygen atoms in total. The van der Waals surface area contributed by atoms with Crippen LogP contribution in [0.4, 0.5) is 15.8 Å². The second-order valence-corrected chi connectivity index (χ2v) is 3.73. The maximum absolute atomic E-state index is 13.0. The average Bonchev–Trinajstić information content (AvgIpc) is 2.28. The van der Waals surface area contributed by atoms with Crippen LogP contribution in [0.15, 0.2) is 42.6 Å². The Bertz CT molecular complexity index is 451. The van der Waals surface area contributed by atoms with Gasteiger partial charge in [0.15, 0.2) is 0 Å². The van der Waals surface area contributed by atoms with Crippen molar-refractivity contribution in [3.05, 3.63) is 54.1 Å². The minimum atomic E-state index is -0.461. The van der Waals surface area contributed by atoms with Gasteiger partial charge in [0.05, 0.1) is 0 Å². The summed E-state index contributed by atoms with van der Waals surface area (Å²) in [6.07, 6.45) is 1.47. The first-order chi connectivity index (χ1) is 7.66. The molecule has 0 spiro atoms. The molecule has 0 fully saturated rings. The van der Waals surface area contributed by atoms with Gasteiger partial charge in [-0.25, -0.2) is 4.98 Å². The Morgan fingerprint density at radius 2 is 1.88 bits per heavy atom. The Hall–Kier alpha value is -1.90. The fourth-order valence-corrected chi connectivity index (χ4v) is 1.59. The molecule has 1 aromatic carbocycles. The SMILES string of the molecule is Cc1cccc(N(C)c2ccnc(F)c2)c1. The number of anilines is 2. The highest BCUT2D eigenvalue weighted by molar-refractivity contribution is 5.62. The van der Waals surface area contributed by atoms with Crippen LogP contribution in [-0.2, 0) is 0 Å². The number of halogens is 1. The minimum Gasteiger partial charge on any atom is -0.344 e. The molecule has 0 saturated heterocycles. The molecule has 0 saturated carbocycles. The smallest absolute Gasteiger partial charge is 0.214 e. The molecular weight excluding hydrogens is 203 g/mol. The van der Waals surface area contributed by atoms with Crippen LogP contribution < -0.4 is 4.90 Å². The Morgan fingerprint density at radius 3 is 2.56 bits per heavy atom. The van der Waals surface area contributed by atoms with Gasteiger partial charge in [-0.1, -0.05) is 12.1 Å². The summed E-state index contributed by atoms with van der Waals surface area (Å²) in [7, 11) is 1.91. The van der Waals surface area contributed by atoms with Crippen LogP contribution in [0.25, 0.3) is 0 Å². The van der Waals surface area contributed by atoms with Crippen molar-refractivity contribution in [3.8, 4) is 0 Å². The van der Waals surface area contributed by atoms with Crippen molar-refractivity contribution in [2.24, 2.45) is 0 Å². The van der Waals surface area contributed by atoms with Gasteiger partial charge in [-0.15, -0.1) is 0 Å². The number of rotatable bonds is 2. The zero-order valence-electron chi connectivity index (χ0n) is 9.31. The van der Waals surface area contributed by atoms with Crippen molar-refractivity contribution in [1.29, 1.82) is 0 Å². The summed E-state index contributed by atoms with van der Waals surface area (Å²) in [5, 5.41) is 0. The normalized spacial score (nSPS) is 10.2. The molecule has 82 valence electrons. The third-order valence-corrected chi connectivity index (χ3v) is 2.49. The van der Waals surface area contributed by atoms with Gasteiger partial charge in [-0.3, -0.25) is 0 Å². The van der Waals surface area contributed by atoms with Crippen molar-refractivity contribution in [2.75, 3.05) is 11.9 Å². The van der Waals surface area contributed by atoms with E-state index in [1.54, 1.807) is 6.07 Å². The zero-order chi connectivity index (χ0) is 11.5. The topological polar surface area (TPSA) is 16.1 Å². The molecule has 2 aromatic rings. The molecule has 1 aromatic heterocycles. The predicted molar refractivity (Wildman–Crippen MR) is 63.4 cm³/mol. The molecule has 1 heterocycles. The third kappa shape index (κ3) is 2.19. The number of nitrogens with zero attached hydrogens (tertiary/aromatic N) is 2. The Balaban J connectivity index is 2.35. The van der Waals surface area contributed by atoms with E-state index in [0.29, 0.717) is 0 Å². The maximum Gasteiger partial charge on any atom is 0.214 e. The Morgan fingerprint density at radius 1 is 1.12 bits per heavy atom. The molecule has 0 radical (unpaired) electrons. The second kappa shape index (κ2) is 4.31. The van der Waals surface area contributed by atoms with Gasteiger partial charge in [0, 0.05) is 30.7 Å². The van der Waals surface area contributed by atoms with Crippen molar-refractivity contribution >= 4 is 11.4 Å². The summed E-state index contributed by atoms with van der Waals surface area (Å²) >= 11 is 0. The van der Waals surface area contributed by atoms with Crippen molar-refractivity contribution in [1.82, 2.24) is 4.98 Å². The number of aryl methyl sites for hydroxylation is 1. The van der Waals surface area contributed by atoms with E-state index >= 15 is 0 Å². The Labute approximate surface area is 94.4 Å². The van der Waals surface area contributed by atoms with Crippen LogP contribution in [0, 0.1) is 12.9 Å². The summed E-state index contributed by atoms with van der Waals surface area (Å²) < 4.78 is 13.0. The Kier molecular flexibility index (Phi) is 2.86. The lowest BCUT2D eigenvalue weighted by Crippen LogP contribution is -2.09. The molecule has 16 heavy (non-hydrogen) atoms. The van der Waals surface area contributed by atoms with Gasteiger partial charge in [0.1, 0.15) is 0 Å². The molecule has 0 aliphatic rings. The van der Waals surface area contributed by atoms with Crippen LogP contribution in [-0.4, -0.2) is 12.0 Å². The number of benzene rings is 1. The highest BCUT2D eigenvalue weighted by atomic mass is 19.1. The molecule has 0 aliphatic carbocycles. The lowest BCUT2D eigenvalue weighted by atomic mass is 10.2. The van der Waals surface area contributed by atoms with E-state index in [0.717, 1.165) is 11.4 Å². The molecular formula is C13H13FN2. The first kappa shape index (κ1) is 10.6. The van der Waals surface area contributed by atoms with E-state index in [9.17, 15) is 4.39 Å². The predicted octanol–water partition coefficient (Wildman–Crippen LogP) is 3.30. The van der Waals surface area contributed by atoms with E-state index in [2.05, 4.69) is 11.1 Å². The average molecular weight is 216 g/mol. The van der Waals surface area contributed by atoms with E-state index in [4.69, 9.17) is 0 Å². The van der Waals surface area contributed by atoms with E-state index in [1.165, 1.54) is 17.8 Å². The monoisotopic (exact) mass is 216 g/mol. The molecule has 2 rings (SSSR count). The van der Waals surface area contributed by atoms with Crippen LogP contribution in [0.2, 0.25) is 0 Å². The van der Waals surface area contributed by atoms with Gasteiger partial charge >= 0.3 is 0 Å².